The number of rotatable bonds is 4. The molecule has 7 nitrogen and oxygen atoms in total. The highest BCUT2D eigenvalue weighted by Gasteiger charge is 2.30. The standard InChI is InChI=1S/C17H20N2O5/c1-4-23-16(21)14(17(22)24-5-2)13-10-19(3)15(20)11-8-6-7-9-12(11)18-13/h6-9,18H,4-5,10H2,1-3H3. The lowest BCUT2D eigenvalue weighted by Gasteiger charge is -2.17. The Morgan fingerprint density at radius 1 is 1.12 bits per heavy atom. The van der Waals surface area contributed by atoms with Crippen molar-refractivity contribution < 1.29 is 23.9 Å². The molecule has 1 heterocycles. The van der Waals surface area contributed by atoms with Crippen LogP contribution in [0.1, 0.15) is 24.2 Å². The zero-order valence-corrected chi connectivity index (χ0v) is 13.9. The molecule has 0 atom stereocenters. The Bertz CT molecular complexity index is 676. The van der Waals surface area contributed by atoms with Crippen molar-refractivity contribution in [2.75, 3.05) is 32.1 Å². The van der Waals surface area contributed by atoms with E-state index in [1.54, 1.807) is 45.2 Å². The fraction of sp³-hybridized carbons (Fsp3) is 0.353. The molecule has 0 unspecified atom stereocenters. The Morgan fingerprint density at radius 3 is 2.29 bits per heavy atom. The van der Waals surface area contributed by atoms with Crippen LogP contribution < -0.4 is 5.32 Å². The quantitative estimate of drug-likeness (QED) is 0.390. The third kappa shape index (κ3) is 3.56. The van der Waals surface area contributed by atoms with Crippen molar-refractivity contribution in [3.63, 3.8) is 0 Å². The van der Waals surface area contributed by atoms with Crippen LogP contribution in [0, 0.1) is 0 Å². The van der Waals surface area contributed by atoms with Gasteiger partial charge in [-0.25, -0.2) is 9.59 Å². The largest absolute Gasteiger partial charge is 0.462 e. The fourth-order valence-electron chi connectivity index (χ4n) is 2.37. The highest BCUT2D eigenvalue weighted by molar-refractivity contribution is 6.15. The topological polar surface area (TPSA) is 84.9 Å². The molecule has 0 saturated carbocycles. The molecule has 24 heavy (non-hydrogen) atoms. The molecule has 0 fully saturated rings. The summed E-state index contributed by atoms with van der Waals surface area (Å²) >= 11 is 0. The second kappa shape index (κ2) is 7.63. The van der Waals surface area contributed by atoms with Gasteiger partial charge in [0.2, 0.25) is 0 Å². The van der Waals surface area contributed by atoms with Crippen LogP contribution in [0.25, 0.3) is 0 Å². The number of likely N-dealkylation sites (N-methyl/N-ethyl adjacent to an activating group) is 1. The summed E-state index contributed by atoms with van der Waals surface area (Å²) in [6.45, 7) is 3.61. The van der Waals surface area contributed by atoms with E-state index in [1.807, 2.05) is 0 Å². The van der Waals surface area contributed by atoms with Crippen molar-refractivity contribution in [1.82, 2.24) is 4.90 Å². The summed E-state index contributed by atoms with van der Waals surface area (Å²) in [7, 11) is 1.60. The second-order valence-corrected chi connectivity index (χ2v) is 5.13. The molecule has 1 N–H and O–H groups in total. The van der Waals surface area contributed by atoms with E-state index < -0.39 is 11.9 Å². The third-order valence-corrected chi connectivity index (χ3v) is 3.45. The second-order valence-electron chi connectivity index (χ2n) is 5.13. The van der Waals surface area contributed by atoms with Gasteiger partial charge in [0, 0.05) is 7.05 Å². The number of benzene rings is 1. The summed E-state index contributed by atoms with van der Waals surface area (Å²) in [5.74, 6) is -1.77. The van der Waals surface area contributed by atoms with Gasteiger partial charge in [-0.1, -0.05) is 12.1 Å². The lowest BCUT2D eigenvalue weighted by molar-refractivity contribution is -0.146. The van der Waals surface area contributed by atoms with Gasteiger partial charge in [-0.15, -0.1) is 0 Å². The first-order valence-electron chi connectivity index (χ1n) is 7.68. The monoisotopic (exact) mass is 332 g/mol. The molecule has 0 bridgehead atoms. The van der Waals surface area contributed by atoms with Gasteiger partial charge in [0.05, 0.1) is 36.7 Å². The van der Waals surface area contributed by atoms with Crippen LogP contribution in [-0.4, -0.2) is 49.6 Å². The van der Waals surface area contributed by atoms with Gasteiger partial charge in [0.1, 0.15) is 0 Å². The zero-order valence-electron chi connectivity index (χ0n) is 13.9. The number of anilines is 1. The molecule has 1 amide bonds. The SMILES string of the molecule is CCOC(=O)C(C(=O)OCC)=C1CN(C)C(=O)c2ccccc2N1. The number of carbonyl (C=O) groups is 3. The lowest BCUT2D eigenvalue weighted by Crippen LogP contribution is -2.30. The number of amides is 1. The molecule has 0 saturated heterocycles. The van der Waals surface area contributed by atoms with Crippen LogP contribution in [0.2, 0.25) is 0 Å². The Hall–Kier alpha value is -2.83. The van der Waals surface area contributed by atoms with Crippen LogP contribution in [0.3, 0.4) is 0 Å². The minimum atomic E-state index is -0.779. The molecule has 1 aliphatic heterocycles. The van der Waals surface area contributed by atoms with Crippen LogP contribution in [-0.2, 0) is 19.1 Å². The number of para-hydroxylation sites is 1. The van der Waals surface area contributed by atoms with E-state index in [1.165, 1.54) is 4.90 Å². The van der Waals surface area contributed by atoms with Gasteiger partial charge in [-0.05, 0) is 26.0 Å². The first kappa shape index (κ1) is 17.5. The van der Waals surface area contributed by atoms with Gasteiger partial charge in [0.15, 0.2) is 5.57 Å². The summed E-state index contributed by atoms with van der Waals surface area (Å²) in [6.07, 6.45) is 0. The third-order valence-electron chi connectivity index (χ3n) is 3.45. The first-order chi connectivity index (χ1) is 11.5. The summed E-state index contributed by atoms with van der Waals surface area (Å²) in [5, 5.41) is 3.01. The molecule has 1 aromatic carbocycles. The summed E-state index contributed by atoms with van der Waals surface area (Å²) < 4.78 is 9.95. The Morgan fingerprint density at radius 2 is 1.71 bits per heavy atom. The number of nitrogens with one attached hydrogen (secondary N) is 1. The van der Waals surface area contributed by atoms with E-state index >= 15 is 0 Å². The highest BCUT2D eigenvalue weighted by atomic mass is 16.6. The number of nitrogens with zero attached hydrogens (tertiary/aromatic N) is 1. The van der Waals surface area contributed by atoms with E-state index in [0.29, 0.717) is 11.3 Å². The van der Waals surface area contributed by atoms with Crippen molar-refractivity contribution in [1.29, 1.82) is 0 Å². The predicted octanol–water partition coefficient (Wildman–Crippen LogP) is 1.56. The average Bonchev–Trinajstić information content (AvgIpc) is 2.66. The van der Waals surface area contributed by atoms with Crippen LogP contribution in [0.4, 0.5) is 5.69 Å². The highest BCUT2D eigenvalue weighted by Crippen LogP contribution is 2.25. The maximum absolute atomic E-state index is 12.4. The van der Waals surface area contributed by atoms with Gasteiger partial charge in [-0.3, -0.25) is 4.79 Å². The fourth-order valence-corrected chi connectivity index (χ4v) is 2.37. The molecule has 1 aliphatic rings. The van der Waals surface area contributed by atoms with E-state index in [2.05, 4.69) is 5.32 Å². The normalized spacial score (nSPS) is 13.5. The number of hydrogen-bond donors (Lipinski definition) is 1. The molecule has 0 aromatic heterocycles. The molecule has 0 aliphatic carbocycles. The minimum absolute atomic E-state index is 0.0560. The molecular formula is C17H20N2O5. The van der Waals surface area contributed by atoms with Crippen molar-refractivity contribution in [3.8, 4) is 0 Å². The Labute approximate surface area is 140 Å². The summed E-state index contributed by atoms with van der Waals surface area (Å²) in [6, 6.07) is 6.90. The van der Waals surface area contributed by atoms with Crippen LogP contribution >= 0.6 is 0 Å². The van der Waals surface area contributed by atoms with Crippen molar-refractivity contribution in [3.05, 3.63) is 41.1 Å². The van der Waals surface area contributed by atoms with Gasteiger partial charge >= 0.3 is 11.9 Å². The molecule has 1 aromatic rings. The van der Waals surface area contributed by atoms with Crippen LogP contribution in [0.15, 0.2) is 35.5 Å². The minimum Gasteiger partial charge on any atom is -0.462 e. The summed E-state index contributed by atoms with van der Waals surface area (Å²) in [4.78, 5) is 38.3. The molecule has 0 spiro atoms. The Balaban J connectivity index is 2.55. The summed E-state index contributed by atoms with van der Waals surface area (Å²) in [5.41, 5.74) is 1.03. The maximum Gasteiger partial charge on any atom is 0.347 e. The lowest BCUT2D eigenvalue weighted by atomic mass is 10.1. The predicted molar refractivity (Wildman–Crippen MR) is 87.3 cm³/mol. The van der Waals surface area contributed by atoms with Crippen LogP contribution in [0.5, 0.6) is 0 Å². The van der Waals surface area contributed by atoms with E-state index in [-0.39, 0.29) is 36.9 Å². The van der Waals surface area contributed by atoms with E-state index in [4.69, 9.17) is 9.47 Å². The van der Waals surface area contributed by atoms with E-state index in [0.717, 1.165) is 0 Å². The smallest absolute Gasteiger partial charge is 0.347 e. The molecule has 0 radical (unpaired) electrons. The van der Waals surface area contributed by atoms with Crippen molar-refractivity contribution >= 4 is 23.5 Å². The number of hydrogen-bond acceptors (Lipinski definition) is 6. The van der Waals surface area contributed by atoms with Crippen molar-refractivity contribution in [2.24, 2.45) is 0 Å². The van der Waals surface area contributed by atoms with Gasteiger partial charge in [0.25, 0.3) is 5.91 Å². The van der Waals surface area contributed by atoms with Gasteiger partial charge in [-0.2, -0.15) is 0 Å². The zero-order chi connectivity index (χ0) is 17.7. The number of carbonyl (C=O) groups excluding carboxylic acids is 3. The molecule has 128 valence electrons. The number of ether oxygens (including phenoxy) is 2. The first-order valence-corrected chi connectivity index (χ1v) is 7.68. The number of esters is 2. The molecular weight excluding hydrogens is 312 g/mol. The average molecular weight is 332 g/mol. The van der Waals surface area contributed by atoms with Gasteiger partial charge < -0.3 is 19.7 Å². The van der Waals surface area contributed by atoms with Crippen molar-refractivity contribution in [2.45, 2.75) is 13.8 Å². The molecule has 7 heteroatoms. The van der Waals surface area contributed by atoms with E-state index in [9.17, 15) is 14.4 Å². The molecule has 2 rings (SSSR count). The maximum atomic E-state index is 12.4. The Kier molecular flexibility index (Phi) is 5.57. The number of fused-ring (bicyclic) bond motifs is 1.